The minimum Gasteiger partial charge on any atom is -0.477 e. The molecule has 3 nitrogen and oxygen atoms in total. The van der Waals surface area contributed by atoms with Crippen LogP contribution >= 0.6 is 11.6 Å². The molecule has 0 spiro atoms. The summed E-state index contributed by atoms with van der Waals surface area (Å²) < 4.78 is 5.16. The van der Waals surface area contributed by atoms with Crippen molar-refractivity contribution in [3.05, 3.63) is 22.8 Å². The number of pyridine rings is 1. The van der Waals surface area contributed by atoms with Gasteiger partial charge in [0.05, 0.1) is 12.2 Å². The lowest BCUT2D eigenvalue weighted by atomic mass is 10.2. The fourth-order valence-corrected chi connectivity index (χ4v) is 1.07. The van der Waals surface area contributed by atoms with Crippen molar-refractivity contribution in [2.45, 2.75) is 13.8 Å². The molecule has 13 heavy (non-hydrogen) atoms. The summed E-state index contributed by atoms with van der Waals surface area (Å²) in [6.45, 7) is 3.76. The van der Waals surface area contributed by atoms with E-state index in [1.165, 1.54) is 6.92 Å². The highest BCUT2D eigenvalue weighted by molar-refractivity contribution is 6.29. The molecule has 0 N–H and O–H groups in total. The van der Waals surface area contributed by atoms with Crippen LogP contribution in [-0.2, 0) is 0 Å². The molecule has 0 aliphatic carbocycles. The van der Waals surface area contributed by atoms with E-state index in [2.05, 4.69) is 4.98 Å². The van der Waals surface area contributed by atoms with Gasteiger partial charge in [0.25, 0.3) is 0 Å². The van der Waals surface area contributed by atoms with Gasteiger partial charge in [-0.25, -0.2) is 4.98 Å². The molecule has 1 aromatic rings. The maximum Gasteiger partial charge on any atom is 0.225 e. The number of aromatic nitrogens is 1. The Kier molecular flexibility index (Phi) is 3.25. The van der Waals surface area contributed by atoms with Crippen molar-refractivity contribution in [2.24, 2.45) is 0 Å². The predicted molar refractivity (Wildman–Crippen MR) is 50.4 cm³/mol. The first kappa shape index (κ1) is 9.99. The van der Waals surface area contributed by atoms with Crippen LogP contribution in [0.4, 0.5) is 0 Å². The number of rotatable bonds is 3. The molecule has 4 heteroatoms. The van der Waals surface area contributed by atoms with Gasteiger partial charge < -0.3 is 4.74 Å². The normalized spacial score (nSPS) is 9.77. The number of hydrogen-bond acceptors (Lipinski definition) is 3. The van der Waals surface area contributed by atoms with Crippen molar-refractivity contribution >= 4 is 17.4 Å². The second kappa shape index (κ2) is 4.23. The van der Waals surface area contributed by atoms with E-state index in [4.69, 9.17) is 16.3 Å². The Bertz CT molecular complexity index is 325. The van der Waals surface area contributed by atoms with Crippen molar-refractivity contribution in [2.75, 3.05) is 6.61 Å². The summed E-state index contributed by atoms with van der Waals surface area (Å²) in [5.74, 6) is 0.232. The Hall–Kier alpha value is -1.09. The van der Waals surface area contributed by atoms with Gasteiger partial charge in [-0.1, -0.05) is 11.6 Å². The smallest absolute Gasteiger partial charge is 0.225 e. The summed E-state index contributed by atoms with van der Waals surface area (Å²) in [6.07, 6.45) is 0. The summed E-state index contributed by atoms with van der Waals surface area (Å²) in [5, 5.41) is 0.327. The second-order valence-corrected chi connectivity index (χ2v) is 2.86. The second-order valence-electron chi connectivity index (χ2n) is 2.48. The molecule has 1 aromatic heterocycles. The molecule has 0 fully saturated rings. The number of Topliss-reactive ketones (excluding diaryl/α,β-unsaturated/α-hetero) is 1. The number of carbonyl (C=O) groups excluding carboxylic acids is 1. The molecule has 0 aliphatic heterocycles. The molecule has 0 aromatic carbocycles. The average Bonchev–Trinajstić information content (AvgIpc) is 2.04. The van der Waals surface area contributed by atoms with E-state index in [9.17, 15) is 4.79 Å². The Morgan fingerprint density at radius 3 is 2.85 bits per heavy atom. The summed E-state index contributed by atoms with van der Waals surface area (Å²) in [4.78, 5) is 15.0. The first-order valence-electron chi connectivity index (χ1n) is 3.95. The van der Waals surface area contributed by atoms with Crippen molar-refractivity contribution in [1.82, 2.24) is 4.98 Å². The first-order chi connectivity index (χ1) is 6.15. The van der Waals surface area contributed by atoms with Gasteiger partial charge in [0, 0.05) is 0 Å². The van der Waals surface area contributed by atoms with E-state index in [-0.39, 0.29) is 5.78 Å². The van der Waals surface area contributed by atoms with Crippen LogP contribution in [0.5, 0.6) is 5.88 Å². The van der Waals surface area contributed by atoms with Crippen molar-refractivity contribution in [3.63, 3.8) is 0 Å². The SMILES string of the molecule is CCOc1nc(Cl)ccc1C(C)=O. The molecule has 0 aliphatic rings. The van der Waals surface area contributed by atoms with Crippen molar-refractivity contribution in [3.8, 4) is 5.88 Å². The van der Waals surface area contributed by atoms with Gasteiger partial charge in [-0.2, -0.15) is 0 Å². The molecule has 0 saturated heterocycles. The number of nitrogens with zero attached hydrogens (tertiary/aromatic N) is 1. The highest BCUT2D eigenvalue weighted by atomic mass is 35.5. The van der Waals surface area contributed by atoms with E-state index in [1.54, 1.807) is 12.1 Å². The van der Waals surface area contributed by atoms with Crippen LogP contribution < -0.4 is 4.74 Å². The number of ketones is 1. The van der Waals surface area contributed by atoms with Gasteiger partial charge in [0.1, 0.15) is 5.15 Å². The van der Waals surface area contributed by atoms with Gasteiger partial charge in [0.2, 0.25) is 5.88 Å². The van der Waals surface area contributed by atoms with E-state index in [0.29, 0.717) is 23.2 Å². The minimum atomic E-state index is -0.0763. The Morgan fingerprint density at radius 1 is 1.62 bits per heavy atom. The summed E-state index contributed by atoms with van der Waals surface area (Å²) >= 11 is 5.65. The molecule has 0 saturated carbocycles. The topological polar surface area (TPSA) is 39.2 Å². The van der Waals surface area contributed by atoms with Crippen LogP contribution in [0.3, 0.4) is 0 Å². The van der Waals surface area contributed by atoms with E-state index < -0.39 is 0 Å². The fraction of sp³-hybridized carbons (Fsp3) is 0.333. The zero-order valence-electron chi connectivity index (χ0n) is 7.50. The lowest BCUT2D eigenvalue weighted by Crippen LogP contribution is -2.02. The third kappa shape index (κ3) is 2.42. The fourth-order valence-electron chi connectivity index (χ4n) is 0.933. The summed E-state index contributed by atoms with van der Waals surface area (Å²) in [6, 6.07) is 3.18. The van der Waals surface area contributed by atoms with Crippen molar-refractivity contribution in [1.29, 1.82) is 0 Å². The largest absolute Gasteiger partial charge is 0.477 e. The molecule has 0 radical (unpaired) electrons. The molecule has 70 valence electrons. The lowest BCUT2D eigenvalue weighted by molar-refractivity contribution is 0.101. The number of hydrogen-bond donors (Lipinski definition) is 0. The van der Waals surface area contributed by atoms with Gasteiger partial charge in [-0.3, -0.25) is 4.79 Å². The zero-order chi connectivity index (χ0) is 9.84. The molecule has 0 amide bonds. The van der Waals surface area contributed by atoms with E-state index in [1.807, 2.05) is 6.92 Å². The standard InChI is InChI=1S/C9H10ClNO2/c1-3-13-9-7(6(2)12)4-5-8(10)11-9/h4-5H,3H2,1-2H3. The third-order valence-corrected chi connectivity index (χ3v) is 1.70. The summed E-state index contributed by atoms with van der Waals surface area (Å²) in [5.41, 5.74) is 0.464. The molecule has 0 bridgehead atoms. The van der Waals surface area contributed by atoms with Crippen molar-refractivity contribution < 1.29 is 9.53 Å². The highest BCUT2D eigenvalue weighted by Crippen LogP contribution is 2.19. The van der Waals surface area contributed by atoms with E-state index in [0.717, 1.165) is 0 Å². The quantitative estimate of drug-likeness (QED) is 0.554. The molecular weight excluding hydrogens is 190 g/mol. The van der Waals surface area contributed by atoms with Crippen LogP contribution in [0, 0.1) is 0 Å². The Balaban J connectivity index is 3.10. The Morgan fingerprint density at radius 2 is 2.31 bits per heavy atom. The predicted octanol–water partition coefficient (Wildman–Crippen LogP) is 2.34. The molecular formula is C9H10ClNO2. The highest BCUT2D eigenvalue weighted by Gasteiger charge is 2.09. The first-order valence-corrected chi connectivity index (χ1v) is 4.33. The Labute approximate surface area is 81.7 Å². The zero-order valence-corrected chi connectivity index (χ0v) is 8.26. The van der Waals surface area contributed by atoms with E-state index >= 15 is 0 Å². The van der Waals surface area contributed by atoms with Crippen LogP contribution in [0.15, 0.2) is 12.1 Å². The van der Waals surface area contributed by atoms with Crippen LogP contribution in [0.25, 0.3) is 0 Å². The van der Waals surface area contributed by atoms with Gasteiger partial charge >= 0.3 is 0 Å². The van der Waals surface area contributed by atoms with Crippen LogP contribution in [-0.4, -0.2) is 17.4 Å². The monoisotopic (exact) mass is 199 g/mol. The number of carbonyl (C=O) groups is 1. The number of ether oxygens (including phenoxy) is 1. The molecule has 0 unspecified atom stereocenters. The summed E-state index contributed by atoms with van der Waals surface area (Å²) in [7, 11) is 0. The molecule has 0 atom stereocenters. The van der Waals surface area contributed by atoms with Crippen LogP contribution in [0.2, 0.25) is 5.15 Å². The van der Waals surface area contributed by atoms with Gasteiger partial charge in [-0.15, -0.1) is 0 Å². The third-order valence-electron chi connectivity index (χ3n) is 1.49. The number of halogens is 1. The maximum atomic E-state index is 11.1. The van der Waals surface area contributed by atoms with Crippen LogP contribution in [0.1, 0.15) is 24.2 Å². The minimum absolute atomic E-state index is 0.0763. The molecule has 1 rings (SSSR count). The average molecular weight is 200 g/mol. The molecule has 1 heterocycles. The van der Waals surface area contributed by atoms with Gasteiger partial charge in [-0.05, 0) is 26.0 Å². The lowest BCUT2D eigenvalue weighted by Gasteiger charge is -2.05. The van der Waals surface area contributed by atoms with Gasteiger partial charge in [0.15, 0.2) is 5.78 Å². The maximum absolute atomic E-state index is 11.1.